The summed E-state index contributed by atoms with van der Waals surface area (Å²) >= 11 is 0. The van der Waals surface area contributed by atoms with Gasteiger partial charge in [0.05, 0.1) is 18.1 Å². The molecule has 1 aliphatic heterocycles. The molecule has 0 aliphatic carbocycles. The summed E-state index contributed by atoms with van der Waals surface area (Å²) < 4.78 is 36.4. The topological polar surface area (TPSA) is 55.8 Å². The van der Waals surface area contributed by atoms with Gasteiger partial charge in [-0.15, -0.1) is 0 Å². The molecule has 0 saturated carbocycles. The molecule has 0 aromatic heterocycles. The Morgan fingerprint density at radius 3 is 2.17 bits per heavy atom. The molecule has 6 heteroatoms. The summed E-state index contributed by atoms with van der Waals surface area (Å²) in [5.74, 6) is 0. The van der Waals surface area contributed by atoms with E-state index in [-0.39, 0.29) is 6.79 Å². The first-order chi connectivity index (χ1) is 8.60. The molecule has 0 unspecified atom stereocenters. The van der Waals surface area contributed by atoms with Crippen LogP contribution in [-0.2, 0) is 19.5 Å². The van der Waals surface area contributed by atoms with Gasteiger partial charge in [0.15, 0.2) is 0 Å². The first-order valence-corrected chi connectivity index (χ1v) is 7.27. The van der Waals surface area contributed by atoms with E-state index in [1.54, 1.807) is 24.3 Å². The number of hydrogen-bond acceptors (Lipinski definition) is 4. The summed E-state index contributed by atoms with van der Waals surface area (Å²) in [7, 11) is -3.44. The molecule has 0 bridgehead atoms. The average Bonchev–Trinajstić information content (AvgIpc) is 2.28. The Morgan fingerprint density at radius 2 is 1.61 bits per heavy atom. The number of ether oxygens (including phenoxy) is 2. The normalized spacial score (nSPS) is 19.2. The maximum absolute atomic E-state index is 12.4. The van der Waals surface area contributed by atoms with Gasteiger partial charge < -0.3 is 9.47 Å². The van der Waals surface area contributed by atoms with E-state index in [1.807, 2.05) is 6.92 Å². The molecule has 1 fully saturated rings. The van der Waals surface area contributed by atoms with E-state index in [9.17, 15) is 8.42 Å². The van der Waals surface area contributed by atoms with Crippen molar-refractivity contribution in [1.29, 1.82) is 0 Å². The highest BCUT2D eigenvalue weighted by Gasteiger charge is 2.24. The molecule has 5 nitrogen and oxygen atoms in total. The van der Waals surface area contributed by atoms with Gasteiger partial charge in [-0.2, -0.15) is 4.31 Å². The fourth-order valence-corrected chi connectivity index (χ4v) is 3.13. The summed E-state index contributed by atoms with van der Waals surface area (Å²) in [6.45, 7) is 3.59. The number of aryl methyl sites for hydroxylation is 1. The highest BCUT2D eigenvalue weighted by Crippen LogP contribution is 2.16. The zero-order chi connectivity index (χ0) is 13.0. The number of sulfonamides is 1. The molecule has 0 spiro atoms. The maximum atomic E-state index is 12.4. The van der Waals surface area contributed by atoms with Crippen LogP contribution in [-0.4, -0.2) is 45.8 Å². The second-order valence-corrected chi connectivity index (χ2v) is 6.09. The first-order valence-electron chi connectivity index (χ1n) is 5.83. The third kappa shape index (κ3) is 3.08. The molecule has 2 rings (SSSR count). The first kappa shape index (κ1) is 13.5. The van der Waals surface area contributed by atoms with E-state index in [0.29, 0.717) is 31.2 Å². The van der Waals surface area contributed by atoms with Crippen LogP contribution in [0.2, 0.25) is 0 Å². The summed E-state index contributed by atoms with van der Waals surface area (Å²) in [4.78, 5) is 0.314. The lowest BCUT2D eigenvalue weighted by Gasteiger charge is -2.24. The second-order valence-electron chi connectivity index (χ2n) is 4.15. The number of rotatable bonds is 2. The van der Waals surface area contributed by atoms with Crippen molar-refractivity contribution < 1.29 is 17.9 Å². The monoisotopic (exact) mass is 271 g/mol. The van der Waals surface area contributed by atoms with Gasteiger partial charge >= 0.3 is 0 Å². The Bertz CT molecular complexity index is 475. The zero-order valence-electron chi connectivity index (χ0n) is 10.3. The third-order valence-corrected chi connectivity index (χ3v) is 4.71. The van der Waals surface area contributed by atoms with Gasteiger partial charge in [-0.3, -0.25) is 0 Å². The largest absolute Gasteiger partial charge is 0.354 e. The van der Waals surface area contributed by atoms with Crippen molar-refractivity contribution in [2.75, 3.05) is 33.1 Å². The molecule has 1 saturated heterocycles. The fourth-order valence-electron chi connectivity index (χ4n) is 1.72. The Hall–Kier alpha value is -0.950. The van der Waals surface area contributed by atoms with E-state index in [2.05, 4.69) is 0 Å². The van der Waals surface area contributed by atoms with E-state index < -0.39 is 10.0 Å². The van der Waals surface area contributed by atoms with Crippen LogP contribution in [0, 0.1) is 6.92 Å². The Morgan fingerprint density at radius 1 is 1.06 bits per heavy atom. The Labute approximate surface area is 107 Å². The molecular weight excluding hydrogens is 254 g/mol. The molecule has 1 heterocycles. The summed E-state index contributed by atoms with van der Waals surface area (Å²) in [6.07, 6.45) is 0. The van der Waals surface area contributed by atoms with Crippen LogP contribution in [0.25, 0.3) is 0 Å². The van der Waals surface area contributed by atoms with Gasteiger partial charge in [0.2, 0.25) is 10.0 Å². The maximum Gasteiger partial charge on any atom is 0.243 e. The quantitative estimate of drug-likeness (QED) is 0.805. The molecule has 18 heavy (non-hydrogen) atoms. The van der Waals surface area contributed by atoms with Crippen LogP contribution in [0.4, 0.5) is 0 Å². The molecule has 0 radical (unpaired) electrons. The minimum absolute atomic E-state index is 0.235. The highest BCUT2D eigenvalue weighted by molar-refractivity contribution is 7.89. The van der Waals surface area contributed by atoms with Crippen LogP contribution >= 0.6 is 0 Å². The van der Waals surface area contributed by atoms with E-state index >= 15 is 0 Å². The molecule has 0 N–H and O–H groups in total. The Kier molecular flexibility index (Phi) is 4.34. The standard InChI is InChI=1S/C12H17NO4S/c1-11-2-4-12(5-3-11)18(14,15)13-6-8-16-10-17-9-7-13/h2-5H,6-10H2,1H3. The van der Waals surface area contributed by atoms with E-state index in [4.69, 9.17) is 9.47 Å². The third-order valence-electron chi connectivity index (χ3n) is 2.80. The predicted octanol–water partition coefficient (Wildman–Crippen LogP) is 0.990. The lowest BCUT2D eigenvalue weighted by atomic mass is 10.2. The SMILES string of the molecule is Cc1ccc(S(=O)(=O)N2CCOCOCC2)cc1. The van der Waals surface area contributed by atoms with Gasteiger partial charge in [0.25, 0.3) is 0 Å². The van der Waals surface area contributed by atoms with Gasteiger partial charge in [-0.25, -0.2) is 8.42 Å². The van der Waals surface area contributed by atoms with Crippen LogP contribution < -0.4 is 0 Å². The van der Waals surface area contributed by atoms with E-state index in [0.717, 1.165) is 5.56 Å². The molecule has 1 aliphatic rings. The fraction of sp³-hybridized carbons (Fsp3) is 0.500. The number of benzene rings is 1. The molecular formula is C12H17NO4S. The lowest BCUT2D eigenvalue weighted by molar-refractivity contribution is -0.0710. The van der Waals surface area contributed by atoms with Crippen LogP contribution in [0.3, 0.4) is 0 Å². The zero-order valence-corrected chi connectivity index (χ0v) is 11.1. The van der Waals surface area contributed by atoms with Crippen molar-refractivity contribution in [2.24, 2.45) is 0 Å². The van der Waals surface area contributed by atoms with Crippen molar-refractivity contribution >= 4 is 10.0 Å². The van der Waals surface area contributed by atoms with Gasteiger partial charge in [0.1, 0.15) is 6.79 Å². The highest BCUT2D eigenvalue weighted by atomic mass is 32.2. The Balaban J connectivity index is 2.20. The van der Waals surface area contributed by atoms with Gasteiger partial charge in [-0.1, -0.05) is 17.7 Å². The van der Waals surface area contributed by atoms with Crippen molar-refractivity contribution in [1.82, 2.24) is 4.31 Å². The lowest BCUT2D eigenvalue weighted by Crippen LogP contribution is -2.38. The van der Waals surface area contributed by atoms with Gasteiger partial charge in [0, 0.05) is 13.1 Å². The molecule has 1 aromatic carbocycles. The summed E-state index contributed by atoms with van der Waals surface area (Å²) in [5.41, 5.74) is 1.04. The van der Waals surface area contributed by atoms with Crippen molar-refractivity contribution in [3.8, 4) is 0 Å². The van der Waals surface area contributed by atoms with Gasteiger partial charge in [-0.05, 0) is 19.1 Å². The number of nitrogens with zero attached hydrogens (tertiary/aromatic N) is 1. The smallest absolute Gasteiger partial charge is 0.243 e. The van der Waals surface area contributed by atoms with E-state index in [1.165, 1.54) is 4.31 Å². The molecule has 1 aromatic rings. The molecule has 0 amide bonds. The van der Waals surface area contributed by atoms with Crippen LogP contribution in [0.1, 0.15) is 5.56 Å². The van der Waals surface area contributed by atoms with Crippen molar-refractivity contribution in [2.45, 2.75) is 11.8 Å². The van der Waals surface area contributed by atoms with Crippen LogP contribution in [0.5, 0.6) is 0 Å². The minimum atomic E-state index is -3.44. The van der Waals surface area contributed by atoms with Crippen molar-refractivity contribution in [3.05, 3.63) is 29.8 Å². The average molecular weight is 271 g/mol. The molecule has 100 valence electrons. The minimum Gasteiger partial charge on any atom is -0.354 e. The molecule has 0 atom stereocenters. The summed E-state index contributed by atoms with van der Waals surface area (Å²) in [5, 5.41) is 0. The second kappa shape index (κ2) is 5.79. The predicted molar refractivity (Wildman–Crippen MR) is 66.7 cm³/mol. The van der Waals surface area contributed by atoms with Crippen LogP contribution in [0.15, 0.2) is 29.2 Å². The van der Waals surface area contributed by atoms with Crippen molar-refractivity contribution in [3.63, 3.8) is 0 Å². The number of hydrogen-bond donors (Lipinski definition) is 0. The summed E-state index contributed by atoms with van der Waals surface area (Å²) in [6, 6.07) is 6.85.